The second-order valence-corrected chi connectivity index (χ2v) is 6.21. The van der Waals surface area contributed by atoms with Crippen molar-refractivity contribution >= 4 is 5.96 Å². The van der Waals surface area contributed by atoms with Gasteiger partial charge in [0.15, 0.2) is 5.96 Å². The van der Waals surface area contributed by atoms with Crippen LogP contribution in [0.5, 0.6) is 0 Å². The Labute approximate surface area is 151 Å². The first-order valence-electron chi connectivity index (χ1n) is 9.14. The van der Waals surface area contributed by atoms with Gasteiger partial charge in [0.25, 0.3) is 0 Å². The number of hydrogen-bond acceptors (Lipinski definition) is 4. The Bertz CT molecular complexity index is 513. The molecule has 0 bridgehead atoms. The number of benzene rings is 1. The summed E-state index contributed by atoms with van der Waals surface area (Å²) in [6, 6.07) is 9.05. The molecule has 0 spiro atoms. The van der Waals surface area contributed by atoms with Crippen LogP contribution in [-0.2, 0) is 9.47 Å². The van der Waals surface area contributed by atoms with Gasteiger partial charge in [-0.1, -0.05) is 29.8 Å². The van der Waals surface area contributed by atoms with Crippen molar-refractivity contribution in [2.75, 3.05) is 59.7 Å². The minimum Gasteiger partial charge on any atom is -0.383 e. The van der Waals surface area contributed by atoms with Crippen LogP contribution >= 0.6 is 0 Å². The summed E-state index contributed by atoms with van der Waals surface area (Å²) in [4.78, 5) is 7.28. The lowest BCUT2D eigenvalue weighted by Gasteiger charge is -2.34. The number of nitrogens with one attached hydrogen (secondary N) is 2. The lowest BCUT2D eigenvalue weighted by Crippen LogP contribution is -2.42. The van der Waals surface area contributed by atoms with Crippen molar-refractivity contribution in [3.63, 3.8) is 0 Å². The summed E-state index contributed by atoms with van der Waals surface area (Å²) in [5.74, 6) is 0.838. The average Bonchev–Trinajstić information content (AvgIpc) is 2.64. The van der Waals surface area contributed by atoms with Crippen LogP contribution < -0.4 is 10.6 Å². The zero-order chi connectivity index (χ0) is 17.9. The Hall–Kier alpha value is -1.63. The van der Waals surface area contributed by atoms with E-state index in [1.807, 2.05) is 0 Å². The molecule has 1 aliphatic heterocycles. The average molecular weight is 348 g/mol. The third-order valence-electron chi connectivity index (χ3n) is 4.31. The molecule has 1 aromatic rings. The Morgan fingerprint density at radius 2 is 1.96 bits per heavy atom. The third-order valence-corrected chi connectivity index (χ3v) is 4.31. The number of guanidine groups is 1. The summed E-state index contributed by atoms with van der Waals surface area (Å²) in [7, 11) is 1.71. The lowest BCUT2D eigenvalue weighted by molar-refractivity contribution is 0.0179. The van der Waals surface area contributed by atoms with E-state index in [2.05, 4.69) is 53.6 Å². The molecule has 2 N–H and O–H groups in total. The van der Waals surface area contributed by atoms with E-state index in [1.165, 1.54) is 11.1 Å². The highest BCUT2D eigenvalue weighted by atomic mass is 16.5. The van der Waals surface area contributed by atoms with Gasteiger partial charge in [0.1, 0.15) is 0 Å². The minimum atomic E-state index is 0.266. The third kappa shape index (κ3) is 6.65. The van der Waals surface area contributed by atoms with Crippen molar-refractivity contribution < 1.29 is 9.47 Å². The Morgan fingerprint density at radius 1 is 1.24 bits per heavy atom. The zero-order valence-corrected chi connectivity index (χ0v) is 15.8. The van der Waals surface area contributed by atoms with E-state index >= 15 is 0 Å². The van der Waals surface area contributed by atoms with E-state index in [0.29, 0.717) is 13.2 Å². The minimum absolute atomic E-state index is 0.266. The van der Waals surface area contributed by atoms with Gasteiger partial charge in [0.2, 0.25) is 0 Å². The molecule has 140 valence electrons. The summed E-state index contributed by atoms with van der Waals surface area (Å²) < 4.78 is 10.6. The van der Waals surface area contributed by atoms with Crippen LogP contribution in [0.4, 0.5) is 0 Å². The van der Waals surface area contributed by atoms with E-state index in [9.17, 15) is 0 Å². The number of hydrogen-bond donors (Lipinski definition) is 2. The number of aryl methyl sites for hydroxylation is 1. The molecule has 25 heavy (non-hydrogen) atoms. The fourth-order valence-corrected chi connectivity index (χ4v) is 2.90. The molecule has 0 radical (unpaired) electrons. The molecular formula is C19H32N4O2. The number of ether oxygens (including phenoxy) is 2. The largest absolute Gasteiger partial charge is 0.383 e. The number of morpholine rings is 1. The normalized spacial score (nSPS) is 17.3. The van der Waals surface area contributed by atoms with Crippen LogP contribution in [0.3, 0.4) is 0 Å². The number of rotatable bonds is 8. The molecule has 1 fully saturated rings. The number of nitrogens with zero attached hydrogens (tertiary/aromatic N) is 2. The van der Waals surface area contributed by atoms with E-state index in [-0.39, 0.29) is 6.04 Å². The molecular weight excluding hydrogens is 316 g/mol. The monoisotopic (exact) mass is 348 g/mol. The van der Waals surface area contributed by atoms with Crippen LogP contribution in [0.1, 0.15) is 24.1 Å². The van der Waals surface area contributed by atoms with E-state index < -0.39 is 0 Å². The van der Waals surface area contributed by atoms with Gasteiger partial charge in [0, 0.05) is 33.3 Å². The van der Waals surface area contributed by atoms with Crippen LogP contribution in [0, 0.1) is 6.92 Å². The fraction of sp³-hybridized carbons (Fsp3) is 0.632. The highest BCUT2D eigenvalue weighted by Gasteiger charge is 2.22. The van der Waals surface area contributed by atoms with E-state index in [0.717, 1.165) is 45.4 Å². The maximum Gasteiger partial charge on any atom is 0.191 e. The SMILES string of the molecule is CCNC(=NCC(c1ccc(C)cc1)N1CCOCC1)NCCOC. The Kier molecular flexibility index (Phi) is 8.72. The van der Waals surface area contributed by atoms with Gasteiger partial charge < -0.3 is 20.1 Å². The van der Waals surface area contributed by atoms with E-state index in [4.69, 9.17) is 14.5 Å². The van der Waals surface area contributed by atoms with Crippen molar-refractivity contribution in [2.45, 2.75) is 19.9 Å². The zero-order valence-electron chi connectivity index (χ0n) is 15.8. The topological polar surface area (TPSA) is 58.1 Å². The van der Waals surface area contributed by atoms with Crippen LogP contribution in [0.2, 0.25) is 0 Å². The second kappa shape index (κ2) is 11.1. The Morgan fingerprint density at radius 3 is 2.60 bits per heavy atom. The molecule has 0 saturated carbocycles. The molecule has 2 rings (SSSR count). The smallest absolute Gasteiger partial charge is 0.191 e. The highest BCUT2D eigenvalue weighted by molar-refractivity contribution is 5.79. The van der Waals surface area contributed by atoms with Crippen molar-refractivity contribution in [2.24, 2.45) is 4.99 Å². The first-order valence-corrected chi connectivity index (χ1v) is 9.14. The van der Waals surface area contributed by atoms with Gasteiger partial charge in [-0.05, 0) is 19.4 Å². The van der Waals surface area contributed by atoms with Crippen molar-refractivity contribution in [3.8, 4) is 0 Å². The van der Waals surface area contributed by atoms with Crippen molar-refractivity contribution in [3.05, 3.63) is 35.4 Å². The van der Waals surface area contributed by atoms with Gasteiger partial charge in [-0.25, -0.2) is 0 Å². The lowest BCUT2D eigenvalue weighted by atomic mass is 10.0. The predicted octanol–water partition coefficient (Wildman–Crippen LogP) is 1.57. The summed E-state index contributed by atoms with van der Waals surface area (Å²) in [5.41, 5.74) is 2.59. The molecule has 1 aromatic carbocycles. The highest BCUT2D eigenvalue weighted by Crippen LogP contribution is 2.22. The summed E-state index contributed by atoms with van der Waals surface area (Å²) in [6.07, 6.45) is 0. The predicted molar refractivity (Wildman–Crippen MR) is 102 cm³/mol. The summed E-state index contributed by atoms with van der Waals surface area (Å²) in [5, 5.41) is 6.61. The van der Waals surface area contributed by atoms with Gasteiger partial charge in [-0.15, -0.1) is 0 Å². The second-order valence-electron chi connectivity index (χ2n) is 6.21. The molecule has 0 aliphatic carbocycles. The summed E-state index contributed by atoms with van der Waals surface area (Å²) in [6.45, 7) is 10.6. The molecule has 1 saturated heterocycles. The molecule has 1 unspecified atom stereocenters. The van der Waals surface area contributed by atoms with Crippen molar-refractivity contribution in [1.29, 1.82) is 0 Å². The van der Waals surface area contributed by atoms with E-state index in [1.54, 1.807) is 7.11 Å². The van der Waals surface area contributed by atoms with Crippen molar-refractivity contribution in [1.82, 2.24) is 15.5 Å². The maximum absolute atomic E-state index is 5.52. The number of aliphatic imine (C=N–C) groups is 1. The number of methoxy groups -OCH3 is 1. The quantitative estimate of drug-likeness (QED) is 0.424. The first kappa shape index (κ1) is 19.7. The molecule has 1 aliphatic rings. The van der Waals surface area contributed by atoms with Gasteiger partial charge >= 0.3 is 0 Å². The van der Waals surface area contributed by atoms with Crippen LogP contribution in [0.25, 0.3) is 0 Å². The molecule has 0 amide bonds. The van der Waals surface area contributed by atoms with Gasteiger partial charge in [0.05, 0.1) is 32.4 Å². The maximum atomic E-state index is 5.52. The van der Waals surface area contributed by atoms with Crippen LogP contribution in [0.15, 0.2) is 29.3 Å². The molecule has 1 atom stereocenters. The van der Waals surface area contributed by atoms with Gasteiger partial charge in [-0.2, -0.15) is 0 Å². The molecule has 1 heterocycles. The van der Waals surface area contributed by atoms with Gasteiger partial charge in [-0.3, -0.25) is 9.89 Å². The summed E-state index contributed by atoms with van der Waals surface area (Å²) >= 11 is 0. The molecule has 0 aromatic heterocycles. The van der Waals surface area contributed by atoms with Crippen LogP contribution in [-0.4, -0.2) is 70.5 Å². The Balaban J connectivity index is 2.10. The standard InChI is InChI=1S/C19H32N4O2/c1-4-20-19(21-9-12-24-3)22-15-18(23-10-13-25-14-11-23)17-7-5-16(2)6-8-17/h5-8,18H,4,9-15H2,1-3H3,(H2,20,21,22). The first-order chi connectivity index (χ1) is 12.2. The fourth-order valence-electron chi connectivity index (χ4n) is 2.90. The molecule has 6 heteroatoms. The molecule has 6 nitrogen and oxygen atoms in total.